The van der Waals surface area contributed by atoms with Gasteiger partial charge in [-0.25, -0.2) is 4.98 Å². The Bertz CT molecular complexity index is 611. The van der Waals surface area contributed by atoms with Crippen molar-refractivity contribution < 1.29 is 4.79 Å². The van der Waals surface area contributed by atoms with Crippen molar-refractivity contribution in [2.75, 3.05) is 31.1 Å². The quantitative estimate of drug-likeness (QED) is 0.898. The maximum Gasteiger partial charge on any atom is 0.255 e. The monoisotopic (exact) mass is 318 g/mol. The summed E-state index contributed by atoms with van der Waals surface area (Å²) >= 11 is 0. The molecule has 2 aliphatic rings. The van der Waals surface area contributed by atoms with Gasteiger partial charge in [0.2, 0.25) is 11.9 Å². The third-order valence-corrected chi connectivity index (χ3v) is 5.20. The van der Waals surface area contributed by atoms with Gasteiger partial charge in [0.15, 0.2) is 0 Å². The number of carbonyl (C=O) groups excluding carboxylic acids is 1. The molecule has 2 fully saturated rings. The second kappa shape index (κ2) is 6.72. The normalized spacial score (nSPS) is 20.8. The Morgan fingerprint density at radius 1 is 1.17 bits per heavy atom. The van der Waals surface area contributed by atoms with E-state index in [2.05, 4.69) is 21.8 Å². The number of amides is 1. The minimum Gasteiger partial charge on any atom is -0.342 e. The van der Waals surface area contributed by atoms with Gasteiger partial charge in [-0.15, -0.1) is 0 Å². The number of nitrogens with one attached hydrogen (secondary N) is 1. The molecule has 126 valence electrons. The summed E-state index contributed by atoms with van der Waals surface area (Å²) in [7, 11) is 0. The lowest BCUT2D eigenvalue weighted by Gasteiger charge is -2.36. The highest BCUT2D eigenvalue weighted by atomic mass is 16.2. The predicted octanol–water partition coefficient (Wildman–Crippen LogP) is 1.55. The summed E-state index contributed by atoms with van der Waals surface area (Å²) in [5, 5.41) is 0. The van der Waals surface area contributed by atoms with Gasteiger partial charge in [-0.1, -0.05) is 6.92 Å². The Kier molecular flexibility index (Phi) is 4.68. The number of aromatic nitrogens is 2. The zero-order valence-corrected chi connectivity index (χ0v) is 14.0. The Morgan fingerprint density at radius 2 is 1.83 bits per heavy atom. The molecule has 3 rings (SSSR count). The van der Waals surface area contributed by atoms with Gasteiger partial charge < -0.3 is 9.80 Å². The summed E-state index contributed by atoms with van der Waals surface area (Å²) in [6.07, 6.45) is 5.53. The molecule has 23 heavy (non-hydrogen) atoms. The van der Waals surface area contributed by atoms with Crippen LogP contribution in [0.25, 0.3) is 0 Å². The van der Waals surface area contributed by atoms with Gasteiger partial charge in [0.05, 0.1) is 0 Å². The summed E-state index contributed by atoms with van der Waals surface area (Å²) < 4.78 is 0. The van der Waals surface area contributed by atoms with E-state index in [1.807, 2.05) is 4.90 Å². The minimum atomic E-state index is -0.0874. The van der Waals surface area contributed by atoms with Crippen LogP contribution in [0.4, 0.5) is 5.95 Å². The lowest BCUT2D eigenvalue weighted by Crippen LogP contribution is -2.45. The van der Waals surface area contributed by atoms with Gasteiger partial charge in [-0.2, -0.15) is 0 Å². The second-order valence-corrected chi connectivity index (χ2v) is 6.99. The molecule has 1 N–H and O–H groups in total. The molecular formula is C17H26N4O2. The van der Waals surface area contributed by atoms with Gasteiger partial charge >= 0.3 is 0 Å². The van der Waals surface area contributed by atoms with E-state index in [0.29, 0.717) is 17.4 Å². The number of H-pyrrole nitrogens is 1. The fourth-order valence-electron chi connectivity index (χ4n) is 3.44. The van der Waals surface area contributed by atoms with Crippen LogP contribution in [-0.2, 0) is 4.79 Å². The van der Waals surface area contributed by atoms with Crippen molar-refractivity contribution in [2.24, 2.45) is 11.8 Å². The summed E-state index contributed by atoms with van der Waals surface area (Å²) in [6.45, 7) is 7.37. The largest absolute Gasteiger partial charge is 0.342 e. The van der Waals surface area contributed by atoms with Crippen LogP contribution in [0, 0.1) is 18.8 Å². The summed E-state index contributed by atoms with van der Waals surface area (Å²) in [5.74, 6) is 1.81. The Balaban J connectivity index is 1.56. The van der Waals surface area contributed by atoms with E-state index in [4.69, 9.17) is 0 Å². The number of likely N-dealkylation sites (tertiary alicyclic amines) is 1. The van der Waals surface area contributed by atoms with E-state index in [-0.39, 0.29) is 11.5 Å². The van der Waals surface area contributed by atoms with Crippen LogP contribution >= 0.6 is 0 Å². The number of aromatic amines is 1. The molecule has 1 aromatic heterocycles. The number of hydrogen-bond acceptors (Lipinski definition) is 4. The Morgan fingerprint density at radius 3 is 2.43 bits per heavy atom. The smallest absolute Gasteiger partial charge is 0.255 e. The summed E-state index contributed by atoms with van der Waals surface area (Å²) in [5.41, 5.74) is 0.536. The van der Waals surface area contributed by atoms with E-state index >= 15 is 0 Å². The van der Waals surface area contributed by atoms with Gasteiger partial charge in [0.1, 0.15) is 0 Å². The molecule has 0 aromatic carbocycles. The maximum atomic E-state index is 12.6. The van der Waals surface area contributed by atoms with Gasteiger partial charge in [-0.05, 0) is 38.5 Å². The SMILES string of the molecule is Cc1cnc(N2CCC(C(=O)N3CCC(C)CC3)CC2)[nH]c1=O. The zero-order valence-electron chi connectivity index (χ0n) is 14.0. The molecule has 1 amide bonds. The van der Waals surface area contributed by atoms with Crippen LogP contribution in [0.2, 0.25) is 0 Å². The first-order valence-corrected chi connectivity index (χ1v) is 8.64. The van der Waals surface area contributed by atoms with Gasteiger partial charge in [0, 0.05) is 43.9 Å². The van der Waals surface area contributed by atoms with E-state index in [1.54, 1.807) is 13.1 Å². The van der Waals surface area contributed by atoms with Crippen LogP contribution < -0.4 is 10.5 Å². The number of anilines is 1. The molecule has 0 aliphatic carbocycles. The Labute approximate surface area is 136 Å². The third-order valence-electron chi connectivity index (χ3n) is 5.20. The molecule has 2 aliphatic heterocycles. The molecular weight excluding hydrogens is 292 g/mol. The van der Waals surface area contributed by atoms with Crippen molar-refractivity contribution in [1.82, 2.24) is 14.9 Å². The molecule has 3 heterocycles. The first kappa shape index (κ1) is 16.0. The highest BCUT2D eigenvalue weighted by Crippen LogP contribution is 2.24. The lowest BCUT2D eigenvalue weighted by molar-refractivity contribution is -0.137. The van der Waals surface area contributed by atoms with Crippen molar-refractivity contribution in [3.8, 4) is 0 Å². The molecule has 2 saturated heterocycles. The average Bonchev–Trinajstić information content (AvgIpc) is 2.57. The number of aryl methyl sites for hydroxylation is 1. The van der Waals surface area contributed by atoms with Crippen LogP contribution in [0.1, 0.15) is 38.2 Å². The molecule has 1 aromatic rings. The zero-order chi connectivity index (χ0) is 16.4. The third kappa shape index (κ3) is 3.57. The van der Waals surface area contributed by atoms with Crippen LogP contribution in [-0.4, -0.2) is 47.0 Å². The highest BCUT2D eigenvalue weighted by Gasteiger charge is 2.30. The van der Waals surface area contributed by atoms with E-state index in [9.17, 15) is 9.59 Å². The van der Waals surface area contributed by atoms with E-state index in [1.165, 1.54) is 0 Å². The summed E-state index contributed by atoms with van der Waals surface area (Å²) in [6, 6.07) is 0. The second-order valence-electron chi connectivity index (χ2n) is 6.99. The number of rotatable bonds is 2. The Hall–Kier alpha value is -1.85. The first-order chi connectivity index (χ1) is 11.0. The fraction of sp³-hybridized carbons (Fsp3) is 0.706. The topological polar surface area (TPSA) is 69.3 Å². The first-order valence-electron chi connectivity index (χ1n) is 8.64. The average molecular weight is 318 g/mol. The molecule has 6 nitrogen and oxygen atoms in total. The predicted molar refractivity (Wildman–Crippen MR) is 89.5 cm³/mol. The van der Waals surface area contributed by atoms with Crippen LogP contribution in [0.3, 0.4) is 0 Å². The van der Waals surface area contributed by atoms with Crippen molar-refractivity contribution in [3.05, 3.63) is 22.1 Å². The van der Waals surface area contributed by atoms with Crippen molar-refractivity contribution >= 4 is 11.9 Å². The molecule has 0 spiro atoms. The number of piperidine rings is 2. The minimum absolute atomic E-state index is 0.0874. The number of hydrogen-bond donors (Lipinski definition) is 1. The van der Waals surface area contributed by atoms with Crippen molar-refractivity contribution in [1.29, 1.82) is 0 Å². The number of nitrogens with zero attached hydrogens (tertiary/aromatic N) is 3. The lowest BCUT2D eigenvalue weighted by atomic mass is 9.93. The van der Waals surface area contributed by atoms with Crippen LogP contribution in [0.15, 0.2) is 11.0 Å². The molecule has 0 radical (unpaired) electrons. The van der Waals surface area contributed by atoms with Crippen molar-refractivity contribution in [3.63, 3.8) is 0 Å². The molecule has 0 atom stereocenters. The molecule has 0 saturated carbocycles. The summed E-state index contributed by atoms with van der Waals surface area (Å²) in [4.78, 5) is 35.6. The highest BCUT2D eigenvalue weighted by molar-refractivity contribution is 5.79. The van der Waals surface area contributed by atoms with Gasteiger partial charge in [0.25, 0.3) is 5.56 Å². The van der Waals surface area contributed by atoms with Crippen LogP contribution in [0.5, 0.6) is 0 Å². The maximum absolute atomic E-state index is 12.6. The van der Waals surface area contributed by atoms with Crippen molar-refractivity contribution in [2.45, 2.75) is 39.5 Å². The van der Waals surface area contributed by atoms with Gasteiger partial charge in [-0.3, -0.25) is 14.6 Å². The molecule has 0 unspecified atom stereocenters. The number of carbonyl (C=O) groups is 1. The standard InChI is InChI=1S/C17H26N4O2/c1-12-3-7-20(8-4-12)16(23)14-5-9-21(10-6-14)17-18-11-13(2)15(22)19-17/h11-12,14H,3-10H2,1-2H3,(H,18,19,22). The molecule has 0 bridgehead atoms. The van der Waals surface area contributed by atoms with E-state index in [0.717, 1.165) is 57.8 Å². The molecule has 6 heteroatoms. The van der Waals surface area contributed by atoms with E-state index < -0.39 is 0 Å². The fourth-order valence-corrected chi connectivity index (χ4v) is 3.44.